The van der Waals surface area contributed by atoms with Gasteiger partial charge in [-0.3, -0.25) is 29.1 Å². The molecular formula is C23H23N6O4S+. The number of carbonyl (C=O) groups is 3. The lowest BCUT2D eigenvalue weighted by Crippen LogP contribution is -2.42. The van der Waals surface area contributed by atoms with Crippen LogP contribution >= 0.6 is 12.2 Å². The normalized spacial score (nSPS) is 15.5. The van der Waals surface area contributed by atoms with E-state index in [0.29, 0.717) is 16.9 Å². The van der Waals surface area contributed by atoms with Crippen molar-refractivity contribution in [3.63, 3.8) is 0 Å². The molecule has 3 aromatic rings. The number of amides is 3. The van der Waals surface area contributed by atoms with E-state index in [4.69, 9.17) is 16.7 Å². The van der Waals surface area contributed by atoms with Gasteiger partial charge in [-0.05, 0) is 41.2 Å². The van der Waals surface area contributed by atoms with Crippen LogP contribution in [0.25, 0.3) is 0 Å². The molecule has 2 aromatic carbocycles. The third kappa shape index (κ3) is 4.79. The van der Waals surface area contributed by atoms with Crippen LogP contribution in [0.5, 0.6) is 0 Å². The number of likely N-dealkylation sites (N-methyl/N-ethyl adjacent to an activating group) is 1. The summed E-state index contributed by atoms with van der Waals surface area (Å²) in [5.41, 5.74) is 1.58. The zero-order chi connectivity index (χ0) is 24.2. The van der Waals surface area contributed by atoms with E-state index in [0.717, 1.165) is 0 Å². The molecule has 1 atom stereocenters. The molecule has 1 aliphatic heterocycles. The Kier molecular flexibility index (Phi) is 6.64. The summed E-state index contributed by atoms with van der Waals surface area (Å²) in [4.78, 5) is 41.1. The number of anilines is 2. The largest absolute Gasteiger partial charge is 0.326 e. The number of nitrogens with one attached hydrogen (secondary N) is 2. The Balaban J connectivity index is 1.52. The van der Waals surface area contributed by atoms with Gasteiger partial charge in [0.05, 0.1) is 6.42 Å². The molecule has 11 heteroatoms. The second-order valence-electron chi connectivity index (χ2n) is 7.73. The SMILES string of the molecule is CN1C(=O)C(CC(=O)Nc2ccccc2)N(Cc2c(NC(=O)c3ccccc3)on[n+]2C)C1=S. The van der Waals surface area contributed by atoms with Gasteiger partial charge in [-0.2, -0.15) is 0 Å². The van der Waals surface area contributed by atoms with Gasteiger partial charge in [0.1, 0.15) is 12.6 Å². The van der Waals surface area contributed by atoms with E-state index in [1.807, 2.05) is 24.3 Å². The third-order valence-electron chi connectivity index (χ3n) is 5.45. The predicted molar refractivity (Wildman–Crippen MR) is 126 cm³/mol. The number of benzene rings is 2. The fourth-order valence-corrected chi connectivity index (χ4v) is 3.89. The number of aromatic nitrogens is 2. The molecule has 0 saturated carbocycles. The summed E-state index contributed by atoms with van der Waals surface area (Å²) < 4.78 is 6.77. The van der Waals surface area contributed by atoms with E-state index < -0.39 is 6.04 Å². The summed E-state index contributed by atoms with van der Waals surface area (Å²) in [6, 6.07) is 16.9. The molecule has 0 bridgehead atoms. The van der Waals surface area contributed by atoms with Crippen molar-refractivity contribution >= 4 is 46.6 Å². The van der Waals surface area contributed by atoms with Gasteiger partial charge in [-0.1, -0.05) is 36.4 Å². The van der Waals surface area contributed by atoms with Crippen molar-refractivity contribution in [1.29, 1.82) is 0 Å². The highest BCUT2D eigenvalue weighted by Gasteiger charge is 2.43. The Bertz CT molecular complexity index is 1230. The highest BCUT2D eigenvalue weighted by molar-refractivity contribution is 7.80. The number of rotatable bonds is 7. The molecule has 1 aliphatic rings. The van der Waals surface area contributed by atoms with Crippen LogP contribution in [0.4, 0.5) is 11.6 Å². The van der Waals surface area contributed by atoms with Crippen molar-refractivity contribution < 1.29 is 23.6 Å². The second-order valence-corrected chi connectivity index (χ2v) is 8.10. The molecule has 0 spiro atoms. The van der Waals surface area contributed by atoms with Gasteiger partial charge in [-0.25, -0.2) is 0 Å². The predicted octanol–water partition coefficient (Wildman–Crippen LogP) is 1.71. The average Bonchev–Trinajstić information content (AvgIpc) is 3.28. The van der Waals surface area contributed by atoms with Gasteiger partial charge in [0, 0.05) is 18.3 Å². The van der Waals surface area contributed by atoms with E-state index in [2.05, 4.69) is 15.9 Å². The Morgan fingerprint density at radius 2 is 1.74 bits per heavy atom. The van der Waals surface area contributed by atoms with Crippen LogP contribution in [0.15, 0.2) is 65.2 Å². The summed E-state index contributed by atoms with van der Waals surface area (Å²) in [7, 11) is 3.22. The molecule has 174 valence electrons. The first kappa shape index (κ1) is 23.1. The van der Waals surface area contributed by atoms with Gasteiger partial charge in [-0.15, -0.1) is 0 Å². The molecule has 4 rings (SSSR count). The maximum absolute atomic E-state index is 12.9. The number of hydrogen-bond donors (Lipinski definition) is 2. The van der Waals surface area contributed by atoms with Crippen molar-refractivity contribution in [3.8, 4) is 0 Å². The summed E-state index contributed by atoms with van der Waals surface area (Å²) >= 11 is 5.48. The van der Waals surface area contributed by atoms with Crippen LogP contribution in [-0.4, -0.2) is 51.0 Å². The molecule has 1 fully saturated rings. The summed E-state index contributed by atoms with van der Waals surface area (Å²) in [5.74, 6) is -0.842. The second kappa shape index (κ2) is 9.79. The smallest absolute Gasteiger partial charge is 0.307 e. The van der Waals surface area contributed by atoms with Crippen LogP contribution in [0, 0.1) is 0 Å². The molecule has 1 saturated heterocycles. The Labute approximate surface area is 201 Å². The lowest BCUT2D eigenvalue weighted by molar-refractivity contribution is -0.746. The Morgan fingerprint density at radius 3 is 2.41 bits per heavy atom. The Hall–Kier alpha value is -4.12. The van der Waals surface area contributed by atoms with Gasteiger partial charge in [0.25, 0.3) is 17.5 Å². The molecule has 3 amide bonds. The van der Waals surface area contributed by atoms with E-state index in [1.165, 1.54) is 9.58 Å². The standard InChI is InChI=1S/C23H22N6O4S/c1-27-22(32)17(13-19(30)24-16-11-7-4-8-12-16)29(23(27)34)14-18-21(33-26-28(18)2)25-20(31)15-9-5-3-6-10-15/h3-12,17H,13-14H2,1-2H3,(H-,24,25,26,30,31)/p+1. The maximum Gasteiger partial charge on any atom is 0.307 e. The van der Waals surface area contributed by atoms with Crippen LogP contribution in [0.1, 0.15) is 22.5 Å². The maximum atomic E-state index is 12.9. The average molecular weight is 480 g/mol. The topological polar surface area (TPSA) is 112 Å². The minimum Gasteiger partial charge on any atom is -0.326 e. The molecule has 2 heterocycles. The number of para-hydroxylation sites is 1. The molecular weight excluding hydrogens is 456 g/mol. The van der Waals surface area contributed by atoms with Crippen LogP contribution < -0.4 is 15.3 Å². The zero-order valence-corrected chi connectivity index (χ0v) is 19.4. The monoisotopic (exact) mass is 479 g/mol. The Morgan fingerprint density at radius 1 is 1.09 bits per heavy atom. The lowest BCUT2D eigenvalue weighted by atomic mass is 10.1. The fraction of sp³-hybridized carbons (Fsp3) is 0.217. The highest BCUT2D eigenvalue weighted by atomic mass is 32.1. The molecule has 0 radical (unpaired) electrons. The van der Waals surface area contributed by atoms with E-state index in [-0.39, 0.29) is 41.7 Å². The summed E-state index contributed by atoms with van der Waals surface area (Å²) in [6.07, 6.45) is -0.0983. The molecule has 34 heavy (non-hydrogen) atoms. The van der Waals surface area contributed by atoms with Crippen molar-refractivity contribution in [2.75, 3.05) is 17.7 Å². The zero-order valence-electron chi connectivity index (χ0n) is 18.6. The van der Waals surface area contributed by atoms with Crippen LogP contribution in [-0.2, 0) is 23.2 Å². The molecule has 0 aliphatic carbocycles. The van der Waals surface area contributed by atoms with Gasteiger partial charge < -0.3 is 10.2 Å². The number of carbonyl (C=O) groups excluding carboxylic acids is 3. The number of thiocarbonyl (C=S) groups is 1. The van der Waals surface area contributed by atoms with Crippen molar-refractivity contribution in [2.45, 2.75) is 19.0 Å². The first-order valence-corrected chi connectivity index (χ1v) is 10.9. The van der Waals surface area contributed by atoms with Gasteiger partial charge in [0.2, 0.25) is 11.2 Å². The van der Waals surface area contributed by atoms with Gasteiger partial charge in [0.15, 0.2) is 12.2 Å². The number of hydrogen-bond acceptors (Lipinski definition) is 6. The molecule has 2 N–H and O–H groups in total. The van der Waals surface area contributed by atoms with Crippen molar-refractivity contribution in [1.82, 2.24) is 15.1 Å². The van der Waals surface area contributed by atoms with Crippen molar-refractivity contribution in [3.05, 3.63) is 71.9 Å². The van der Waals surface area contributed by atoms with E-state index >= 15 is 0 Å². The van der Waals surface area contributed by atoms with Crippen molar-refractivity contribution in [2.24, 2.45) is 7.05 Å². The summed E-state index contributed by atoms with van der Waals surface area (Å²) in [6.45, 7) is 0.0998. The quantitative estimate of drug-likeness (QED) is 0.392. The van der Waals surface area contributed by atoms with Gasteiger partial charge >= 0.3 is 5.88 Å². The highest BCUT2D eigenvalue weighted by Crippen LogP contribution is 2.24. The molecule has 1 aromatic heterocycles. The molecule has 1 unspecified atom stereocenters. The minimum atomic E-state index is -0.811. The first-order valence-electron chi connectivity index (χ1n) is 10.5. The lowest BCUT2D eigenvalue weighted by Gasteiger charge is -2.21. The molecule has 10 nitrogen and oxygen atoms in total. The number of nitrogens with zero attached hydrogens (tertiary/aromatic N) is 4. The van der Waals surface area contributed by atoms with E-state index in [1.54, 1.807) is 55.4 Å². The van der Waals surface area contributed by atoms with E-state index in [9.17, 15) is 14.4 Å². The van der Waals surface area contributed by atoms with Crippen LogP contribution in [0.3, 0.4) is 0 Å². The number of aryl methyl sites for hydroxylation is 1. The van der Waals surface area contributed by atoms with Crippen LogP contribution in [0.2, 0.25) is 0 Å². The summed E-state index contributed by atoms with van der Waals surface area (Å²) in [5, 5.41) is 9.66. The minimum absolute atomic E-state index is 0.0983. The first-order chi connectivity index (χ1) is 16.3. The third-order valence-corrected chi connectivity index (χ3v) is 5.96. The fourth-order valence-electron chi connectivity index (χ4n) is 3.61.